The lowest BCUT2D eigenvalue weighted by Gasteiger charge is -2.03. The first-order valence-corrected chi connectivity index (χ1v) is 10.5. The summed E-state index contributed by atoms with van der Waals surface area (Å²) >= 11 is 2.82. The van der Waals surface area contributed by atoms with E-state index >= 15 is 0 Å². The van der Waals surface area contributed by atoms with Gasteiger partial charge in [-0.3, -0.25) is 4.79 Å². The fraction of sp³-hybridized carbons (Fsp3) is 0.0500. The summed E-state index contributed by atoms with van der Waals surface area (Å²) in [5, 5.41) is 16.9. The van der Waals surface area contributed by atoms with E-state index in [1.807, 2.05) is 18.2 Å². The number of anilines is 1. The summed E-state index contributed by atoms with van der Waals surface area (Å²) in [5.41, 5.74) is 2.72. The number of nitrogens with zero attached hydrogens (tertiary/aromatic N) is 5. The normalized spacial score (nSPS) is 11.3. The number of halogens is 1. The molecule has 1 amide bonds. The average molecular weight is 436 g/mol. The highest BCUT2D eigenvalue weighted by molar-refractivity contribution is 7.99. The fourth-order valence-corrected chi connectivity index (χ4v) is 4.76. The molecule has 0 fully saturated rings. The molecule has 0 aliphatic carbocycles. The summed E-state index contributed by atoms with van der Waals surface area (Å²) in [4.78, 5) is 16.6. The summed E-state index contributed by atoms with van der Waals surface area (Å²) in [6, 6.07) is 15.7. The zero-order valence-electron chi connectivity index (χ0n) is 15.5. The first kappa shape index (κ1) is 18.6. The molecule has 0 aliphatic rings. The monoisotopic (exact) mass is 436 g/mol. The van der Waals surface area contributed by atoms with Gasteiger partial charge in [0.15, 0.2) is 10.8 Å². The first-order chi connectivity index (χ1) is 14.5. The Morgan fingerprint density at radius 2 is 2.03 bits per heavy atom. The van der Waals surface area contributed by atoms with Gasteiger partial charge in [0.05, 0.1) is 15.9 Å². The second kappa shape index (κ2) is 7.47. The van der Waals surface area contributed by atoms with Crippen molar-refractivity contribution >= 4 is 50.0 Å². The van der Waals surface area contributed by atoms with Crippen molar-refractivity contribution in [2.75, 3.05) is 5.32 Å². The molecule has 7 nitrogen and oxygen atoms in total. The molecule has 0 spiro atoms. The SMILES string of the molecule is CC(=O)Nc1nc2ccc(Sc3nnc4ccc(-c5cccc(F)c5)nn34)cc2s1. The Morgan fingerprint density at radius 1 is 1.13 bits per heavy atom. The number of benzene rings is 2. The van der Waals surface area contributed by atoms with Crippen molar-refractivity contribution in [2.45, 2.75) is 17.0 Å². The average Bonchev–Trinajstić information content (AvgIpc) is 3.30. The van der Waals surface area contributed by atoms with Gasteiger partial charge in [0.25, 0.3) is 0 Å². The number of nitrogens with one attached hydrogen (secondary N) is 1. The lowest BCUT2D eigenvalue weighted by molar-refractivity contribution is -0.114. The third-order valence-electron chi connectivity index (χ3n) is 4.21. The Kier molecular flexibility index (Phi) is 4.64. The summed E-state index contributed by atoms with van der Waals surface area (Å²) in [6.45, 7) is 1.45. The van der Waals surface area contributed by atoms with Crippen LogP contribution in [0.1, 0.15) is 6.92 Å². The number of aromatic nitrogens is 5. The molecular formula is C20H13FN6OS2. The predicted octanol–water partition coefficient (Wildman–Crippen LogP) is 4.65. The van der Waals surface area contributed by atoms with Gasteiger partial charge in [0.2, 0.25) is 11.1 Å². The Hall–Kier alpha value is -3.37. The van der Waals surface area contributed by atoms with Crippen LogP contribution in [-0.4, -0.2) is 30.7 Å². The van der Waals surface area contributed by atoms with Crippen LogP contribution in [0.5, 0.6) is 0 Å². The molecule has 2 aromatic carbocycles. The number of hydrogen-bond acceptors (Lipinski definition) is 7. The Balaban J connectivity index is 1.49. The van der Waals surface area contributed by atoms with E-state index in [1.54, 1.807) is 28.8 Å². The van der Waals surface area contributed by atoms with Crippen molar-refractivity contribution in [2.24, 2.45) is 0 Å². The lowest BCUT2D eigenvalue weighted by atomic mass is 10.1. The highest BCUT2D eigenvalue weighted by atomic mass is 32.2. The van der Waals surface area contributed by atoms with Crippen molar-refractivity contribution < 1.29 is 9.18 Å². The molecule has 0 unspecified atom stereocenters. The van der Waals surface area contributed by atoms with Crippen molar-refractivity contribution in [1.82, 2.24) is 24.8 Å². The third-order valence-corrected chi connectivity index (χ3v) is 6.07. The third kappa shape index (κ3) is 3.62. The standard InChI is InChI=1S/C20H13FN6OS2/c1-11(28)22-19-23-16-6-5-14(10-17(16)30-19)29-20-25-24-18-8-7-15(26-27(18)20)12-3-2-4-13(21)9-12/h2-10H,1H3,(H,22,23,28). The largest absolute Gasteiger partial charge is 0.302 e. The fourth-order valence-electron chi connectivity index (χ4n) is 2.91. The molecule has 148 valence electrons. The summed E-state index contributed by atoms with van der Waals surface area (Å²) in [6.07, 6.45) is 0. The molecule has 30 heavy (non-hydrogen) atoms. The van der Waals surface area contributed by atoms with Crippen LogP contribution in [-0.2, 0) is 4.79 Å². The molecule has 5 rings (SSSR count). The second-order valence-electron chi connectivity index (χ2n) is 6.41. The molecule has 0 saturated heterocycles. The van der Waals surface area contributed by atoms with Gasteiger partial charge < -0.3 is 5.32 Å². The molecule has 1 N–H and O–H groups in total. The molecule has 0 aliphatic heterocycles. The number of carbonyl (C=O) groups is 1. The maximum Gasteiger partial charge on any atom is 0.223 e. The van der Waals surface area contributed by atoms with E-state index in [2.05, 4.69) is 25.6 Å². The molecular weight excluding hydrogens is 423 g/mol. The molecule has 5 aromatic rings. The minimum absolute atomic E-state index is 0.154. The molecule has 3 heterocycles. The number of fused-ring (bicyclic) bond motifs is 2. The summed E-state index contributed by atoms with van der Waals surface area (Å²) < 4.78 is 16.2. The topological polar surface area (TPSA) is 85.1 Å². The minimum Gasteiger partial charge on any atom is -0.302 e. The van der Waals surface area contributed by atoms with E-state index < -0.39 is 0 Å². The zero-order valence-corrected chi connectivity index (χ0v) is 17.2. The van der Waals surface area contributed by atoms with Crippen LogP contribution in [0.4, 0.5) is 9.52 Å². The molecule has 10 heteroatoms. The quantitative estimate of drug-likeness (QED) is 0.441. The Bertz CT molecular complexity index is 1410. The number of amides is 1. The van der Waals surface area contributed by atoms with Crippen molar-refractivity contribution in [1.29, 1.82) is 0 Å². The van der Waals surface area contributed by atoms with E-state index in [0.717, 1.165) is 15.1 Å². The summed E-state index contributed by atoms with van der Waals surface area (Å²) in [5.74, 6) is -0.469. The summed E-state index contributed by atoms with van der Waals surface area (Å²) in [7, 11) is 0. The lowest BCUT2D eigenvalue weighted by Crippen LogP contribution is -2.04. The van der Waals surface area contributed by atoms with Crippen LogP contribution < -0.4 is 5.32 Å². The number of thiazole rings is 1. The van der Waals surface area contributed by atoms with E-state index in [0.29, 0.717) is 27.2 Å². The maximum absolute atomic E-state index is 13.6. The van der Waals surface area contributed by atoms with Gasteiger partial charge in [-0.15, -0.1) is 10.2 Å². The zero-order chi connectivity index (χ0) is 20.7. The highest BCUT2D eigenvalue weighted by Crippen LogP contribution is 2.33. The van der Waals surface area contributed by atoms with Crippen LogP contribution in [0, 0.1) is 5.82 Å². The van der Waals surface area contributed by atoms with Gasteiger partial charge in [-0.2, -0.15) is 9.61 Å². The number of hydrogen-bond donors (Lipinski definition) is 1. The Morgan fingerprint density at radius 3 is 2.87 bits per heavy atom. The highest BCUT2D eigenvalue weighted by Gasteiger charge is 2.12. The van der Waals surface area contributed by atoms with Gasteiger partial charge in [-0.25, -0.2) is 9.37 Å². The van der Waals surface area contributed by atoms with E-state index in [9.17, 15) is 9.18 Å². The van der Waals surface area contributed by atoms with E-state index in [4.69, 9.17) is 0 Å². The predicted molar refractivity (Wildman–Crippen MR) is 114 cm³/mol. The number of rotatable bonds is 4. The molecule has 3 aromatic heterocycles. The molecule has 0 atom stereocenters. The van der Waals surface area contributed by atoms with Crippen LogP contribution in [0.15, 0.2) is 64.6 Å². The van der Waals surface area contributed by atoms with E-state index in [-0.39, 0.29) is 11.7 Å². The minimum atomic E-state index is -0.316. The first-order valence-electron chi connectivity index (χ1n) is 8.89. The van der Waals surface area contributed by atoms with E-state index in [1.165, 1.54) is 42.2 Å². The van der Waals surface area contributed by atoms with Crippen molar-refractivity contribution in [3.05, 3.63) is 60.4 Å². The van der Waals surface area contributed by atoms with Gasteiger partial charge in [0, 0.05) is 17.4 Å². The second-order valence-corrected chi connectivity index (χ2v) is 8.48. The van der Waals surface area contributed by atoms with Gasteiger partial charge in [-0.1, -0.05) is 23.5 Å². The molecule has 0 saturated carbocycles. The number of carbonyl (C=O) groups excluding carboxylic acids is 1. The van der Waals surface area contributed by atoms with Crippen molar-refractivity contribution in [3.63, 3.8) is 0 Å². The van der Waals surface area contributed by atoms with Crippen molar-refractivity contribution in [3.8, 4) is 11.3 Å². The maximum atomic E-state index is 13.6. The van der Waals surface area contributed by atoms with Crippen LogP contribution in [0.25, 0.3) is 27.1 Å². The van der Waals surface area contributed by atoms with Crippen LogP contribution in [0.3, 0.4) is 0 Å². The molecule has 0 radical (unpaired) electrons. The van der Waals surface area contributed by atoms with Crippen LogP contribution in [0.2, 0.25) is 0 Å². The Labute approximate surface area is 178 Å². The van der Waals surface area contributed by atoms with Gasteiger partial charge in [-0.05, 0) is 54.2 Å². The van der Waals surface area contributed by atoms with Gasteiger partial charge >= 0.3 is 0 Å². The van der Waals surface area contributed by atoms with Gasteiger partial charge in [0.1, 0.15) is 5.82 Å². The van der Waals surface area contributed by atoms with Crippen LogP contribution >= 0.6 is 23.1 Å². The smallest absolute Gasteiger partial charge is 0.223 e. The molecule has 0 bridgehead atoms.